The molecule has 0 unspecified atom stereocenters. The molecule has 6 heteroatoms. The molecule has 4 atom stereocenters. The number of aryl methyl sites for hydroxylation is 1. The van der Waals surface area contributed by atoms with Crippen LogP contribution in [0.5, 0.6) is 0 Å². The fourth-order valence-corrected chi connectivity index (χ4v) is 5.15. The topological polar surface area (TPSA) is 76.5 Å². The molecular formula is C26H41NO4S. The zero-order chi connectivity index (χ0) is 23.9. The van der Waals surface area contributed by atoms with Gasteiger partial charge in [-0.15, -0.1) is 11.3 Å². The SMILES string of the molecule is C/C(=C\c1csc(C)n1)[C@@H]1CCCCCC[C@H](C)C[C@@H](C)C(=O)C(C)(C)[C@@H](O)CC(=O)O1. The highest BCUT2D eigenvalue weighted by molar-refractivity contribution is 7.09. The van der Waals surface area contributed by atoms with Crippen molar-refractivity contribution < 1.29 is 19.4 Å². The molecule has 1 aliphatic heterocycles. The number of esters is 1. The van der Waals surface area contributed by atoms with E-state index in [-0.39, 0.29) is 24.2 Å². The zero-order valence-corrected chi connectivity index (χ0v) is 21.5. The summed E-state index contributed by atoms with van der Waals surface area (Å²) in [5.74, 6) is -0.112. The van der Waals surface area contributed by atoms with Crippen molar-refractivity contribution in [2.75, 3.05) is 0 Å². The molecule has 2 rings (SSSR count). The van der Waals surface area contributed by atoms with E-state index in [1.54, 1.807) is 25.2 Å². The number of thiazole rings is 1. The van der Waals surface area contributed by atoms with Gasteiger partial charge in [0.25, 0.3) is 0 Å². The van der Waals surface area contributed by atoms with Gasteiger partial charge in [-0.2, -0.15) is 0 Å². The molecule has 0 saturated carbocycles. The van der Waals surface area contributed by atoms with Gasteiger partial charge in [-0.05, 0) is 50.7 Å². The van der Waals surface area contributed by atoms with E-state index < -0.39 is 17.5 Å². The number of ether oxygens (including phenoxy) is 1. The van der Waals surface area contributed by atoms with Crippen molar-refractivity contribution in [1.29, 1.82) is 0 Å². The zero-order valence-electron chi connectivity index (χ0n) is 20.6. The minimum atomic E-state index is -1.07. The van der Waals surface area contributed by atoms with Crippen LogP contribution in [0.3, 0.4) is 0 Å². The Hall–Kier alpha value is -1.53. The number of Topliss-reactive ketones (excluding diaryl/α,β-unsaturated/α-hetero) is 1. The lowest BCUT2D eigenvalue weighted by Crippen LogP contribution is -2.42. The molecule has 0 bridgehead atoms. The van der Waals surface area contributed by atoms with E-state index in [2.05, 4.69) is 11.9 Å². The Kier molecular flexibility index (Phi) is 10.1. The number of ketones is 1. The smallest absolute Gasteiger partial charge is 0.309 e. The summed E-state index contributed by atoms with van der Waals surface area (Å²) in [6, 6.07) is 0. The predicted octanol–water partition coefficient (Wildman–Crippen LogP) is 6.13. The number of hydrogen-bond acceptors (Lipinski definition) is 6. The summed E-state index contributed by atoms with van der Waals surface area (Å²) in [5.41, 5.74) is 0.841. The first-order valence-corrected chi connectivity index (χ1v) is 12.9. The van der Waals surface area contributed by atoms with Crippen LogP contribution >= 0.6 is 11.3 Å². The van der Waals surface area contributed by atoms with E-state index in [1.165, 1.54) is 0 Å². The van der Waals surface area contributed by atoms with Gasteiger partial charge < -0.3 is 9.84 Å². The van der Waals surface area contributed by atoms with Gasteiger partial charge in [-0.1, -0.05) is 53.4 Å². The number of nitrogens with zero attached hydrogens (tertiary/aromatic N) is 1. The van der Waals surface area contributed by atoms with Crippen molar-refractivity contribution in [2.24, 2.45) is 17.3 Å². The van der Waals surface area contributed by atoms with Crippen molar-refractivity contribution in [3.63, 3.8) is 0 Å². The van der Waals surface area contributed by atoms with E-state index in [0.29, 0.717) is 5.92 Å². The Labute approximate surface area is 197 Å². The molecule has 32 heavy (non-hydrogen) atoms. The van der Waals surface area contributed by atoms with Crippen molar-refractivity contribution in [3.05, 3.63) is 21.7 Å². The van der Waals surface area contributed by atoms with Gasteiger partial charge in [-0.25, -0.2) is 4.98 Å². The molecular weight excluding hydrogens is 422 g/mol. The number of aliphatic hydroxyl groups excluding tert-OH is 1. The average Bonchev–Trinajstić information content (AvgIpc) is 3.12. The van der Waals surface area contributed by atoms with Crippen LogP contribution in [-0.2, 0) is 14.3 Å². The summed E-state index contributed by atoms with van der Waals surface area (Å²) >= 11 is 1.59. The lowest BCUT2D eigenvalue weighted by Gasteiger charge is -2.32. The van der Waals surface area contributed by atoms with Gasteiger partial charge in [0.1, 0.15) is 11.9 Å². The van der Waals surface area contributed by atoms with Crippen LogP contribution in [0.15, 0.2) is 11.0 Å². The van der Waals surface area contributed by atoms with Gasteiger partial charge in [0.15, 0.2) is 0 Å². The van der Waals surface area contributed by atoms with Crippen molar-refractivity contribution in [2.45, 2.75) is 105 Å². The summed E-state index contributed by atoms with van der Waals surface area (Å²) in [6.07, 6.45) is 7.43. The maximum atomic E-state index is 13.1. The number of carbonyl (C=O) groups excluding carboxylic acids is 2. The molecule has 1 aromatic heterocycles. The van der Waals surface area contributed by atoms with E-state index in [9.17, 15) is 14.7 Å². The van der Waals surface area contributed by atoms with Crippen LogP contribution in [0.2, 0.25) is 0 Å². The number of cyclic esters (lactones) is 1. The second-order valence-electron chi connectivity index (χ2n) is 10.2. The number of carbonyl (C=O) groups is 2. The van der Waals surface area contributed by atoms with Gasteiger partial charge >= 0.3 is 5.97 Å². The lowest BCUT2D eigenvalue weighted by molar-refractivity contribution is -0.153. The van der Waals surface area contributed by atoms with Crippen LogP contribution in [0.4, 0.5) is 0 Å². The molecule has 0 radical (unpaired) electrons. The second kappa shape index (κ2) is 12.1. The first kappa shape index (κ1) is 26.7. The van der Waals surface area contributed by atoms with Crippen LogP contribution in [0, 0.1) is 24.2 Å². The lowest BCUT2D eigenvalue weighted by atomic mass is 9.74. The summed E-state index contributed by atoms with van der Waals surface area (Å²) in [5, 5.41) is 13.8. The Bertz CT molecular complexity index is 798. The summed E-state index contributed by atoms with van der Waals surface area (Å²) in [6.45, 7) is 11.6. The van der Waals surface area contributed by atoms with Crippen molar-refractivity contribution >= 4 is 29.2 Å². The number of hydrogen-bond donors (Lipinski definition) is 1. The van der Waals surface area contributed by atoms with Gasteiger partial charge in [-0.3, -0.25) is 9.59 Å². The molecule has 2 heterocycles. The van der Waals surface area contributed by atoms with Crippen molar-refractivity contribution in [1.82, 2.24) is 4.98 Å². The molecule has 0 spiro atoms. The minimum absolute atomic E-state index is 0.0169. The third-order valence-electron chi connectivity index (χ3n) is 6.74. The van der Waals surface area contributed by atoms with Crippen LogP contribution in [0.25, 0.3) is 6.08 Å². The molecule has 0 aliphatic carbocycles. The molecule has 5 nitrogen and oxygen atoms in total. The molecule has 1 saturated heterocycles. The molecule has 1 aliphatic rings. The van der Waals surface area contributed by atoms with E-state index in [1.807, 2.05) is 32.2 Å². The molecule has 0 amide bonds. The van der Waals surface area contributed by atoms with Crippen LogP contribution in [-0.4, -0.2) is 34.1 Å². The first-order chi connectivity index (χ1) is 15.0. The minimum Gasteiger partial charge on any atom is -0.458 e. The highest BCUT2D eigenvalue weighted by Crippen LogP contribution is 2.32. The van der Waals surface area contributed by atoms with Gasteiger partial charge in [0.05, 0.1) is 28.6 Å². The summed E-state index contributed by atoms with van der Waals surface area (Å²) in [4.78, 5) is 30.3. The fourth-order valence-electron chi connectivity index (χ4n) is 4.58. The molecule has 1 fully saturated rings. The Balaban J connectivity index is 2.19. The average molecular weight is 464 g/mol. The van der Waals surface area contributed by atoms with E-state index >= 15 is 0 Å². The van der Waals surface area contributed by atoms with E-state index in [4.69, 9.17) is 4.74 Å². The molecule has 1 aromatic rings. The monoisotopic (exact) mass is 463 g/mol. The third-order valence-corrected chi connectivity index (χ3v) is 7.53. The first-order valence-electron chi connectivity index (χ1n) is 12.0. The Morgan fingerprint density at radius 2 is 1.84 bits per heavy atom. The maximum Gasteiger partial charge on any atom is 0.309 e. The quantitative estimate of drug-likeness (QED) is 0.534. The maximum absolute atomic E-state index is 13.1. The van der Waals surface area contributed by atoms with Crippen LogP contribution < -0.4 is 0 Å². The predicted molar refractivity (Wildman–Crippen MR) is 130 cm³/mol. The van der Waals surface area contributed by atoms with E-state index in [0.717, 1.165) is 61.2 Å². The number of aliphatic hydroxyl groups is 1. The van der Waals surface area contributed by atoms with Gasteiger partial charge in [0, 0.05) is 11.3 Å². The molecule has 180 valence electrons. The highest BCUT2D eigenvalue weighted by Gasteiger charge is 2.39. The number of aromatic nitrogens is 1. The highest BCUT2D eigenvalue weighted by atomic mass is 32.1. The third kappa shape index (κ3) is 7.80. The summed E-state index contributed by atoms with van der Waals surface area (Å²) in [7, 11) is 0. The standard InChI is InChI=1S/C26H41NO4S/c1-17-11-9-7-8-10-12-22(18(2)14-21-16-32-20(4)27-21)31-24(29)15-23(28)26(5,6)25(30)19(3)13-17/h14,16-17,19,22-23,28H,7-13,15H2,1-6H3/b18-14+/t17-,19+,22-,23-/m0/s1. The normalized spacial score (nSPS) is 29.5. The molecule has 0 aromatic carbocycles. The number of rotatable bonds is 2. The Morgan fingerprint density at radius 3 is 2.47 bits per heavy atom. The largest absolute Gasteiger partial charge is 0.458 e. The summed E-state index contributed by atoms with van der Waals surface area (Å²) < 4.78 is 5.83. The second-order valence-corrected chi connectivity index (χ2v) is 11.3. The Morgan fingerprint density at radius 1 is 1.19 bits per heavy atom. The van der Waals surface area contributed by atoms with Crippen molar-refractivity contribution in [3.8, 4) is 0 Å². The molecule has 1 N–H and O–H groups in total. The fraction of sp³-hybridized carbons (Fsp3) is 0.731. The van der Waals surface area contributed by atoms with Gasteiger partial charge in [0.2, 0.25) is 0 Å². The van der Waals surface area contributed by atoms with Crippen LogP contribution in [0.1, 0.15) is 96.7 Å².